The lowest BCUT2D eigenvalue weighted by Crippen LogP contribution is -1.91. The molecule has 0 spiro atoms. The Hall–Kier alpha value is -0.700. The van der Waals surface area contributed by atoms with Crippen LogP contribution >= 0.6 is 15.9 Å². The second kappa shape index (κ2) is 4.51. The Labute approximate surface area is 86.9 Å². The summed E-state index contributed by atoms with van der Waals surface area (Å²) < 4.78 is 0.858. The Balaban J connectivity index is 2.88. The predicted octanol–water partition coefficient (Wildman–Crippen LogP) is 3.08. The summed E-state index contributed by atoms with van der Waals surface area (Å²) in [5.41, 5.74) is 7.15. The zero-order valence-corrected chi connectivity index (χ0v) is 9.26. The van der Waals surface area contributed by atoms with E-state index in [0.717, 1.165) is 29.3 Å². The number of aryl methyl sites for hydroxylation is 1. The number of nitrogen functional groups attached to an aromatic ring is 1. The summed E-state index contributed by atoms with van der Waals surface area (Å²) in [4.78, 5) is 0. The first kappa shape index (κ1) is 10.4. The van der Waals surface area contributed by atoms with Crippen LogP contribution in [0.1, 0.15) is 25.3 Å². The summed E-state index contributed by atoms with van der Waals surface area (Å²) in [7, 11) is 0. The number of phenolic OH excluding ortho intramolecular Hbond substituents is 1. The number of hydrogen-bond donors (Lipinski definition) is 2. The first-order chi connectivity index (χ1) is 6.15. The van der Waals surface area contributed by atoms with Gasteiger partial charge in [-0.3, -0.25) is 0 Å². The average Bonchev–Trinajstić information content (AvgIpc) is 2.09. The van der Waals surface area contributed by atoms with Gasteiger partial charge in [0, 0.05) is 16.2 Å². The van der Waals surface area contributed by atoms with Crippen molar-refractivity contribution >= 4 is 21.6 Å². The van der Waals surface area contributed by atoms with E-state index in [1.807, 2.05) is 6.07 Å². The van der Waals surface area contributed by atoms with E-state index < -0.39 is 0 Å². The highest BCUT2D eigenvalue weighted by Gasteiger charge is 2.04. The molecule has 0 radical (unpaired) electrons. The SMILES string of the molecule is CCCCc1cc(Br)c(N)cc1O. The summed E-state index contributed by atoms with van der Waals surface area (Å²) in [5, 5.41) is 9.54. The topological polar surface area (TPSA) is 46.2 Å². The van der Waals surface area contributed by atoms with Crippen LogP contribution in [0.25, 0.3) is 0 Å². The fourth-order valence-electron chi connectivity index (χ4n) is 1.19. The number of aromatic hydroxyl groups is 1. The molecule has 0 fully saturated rings. The van der Waals surface area contributed by atoms with Gasteiger partial charge < -0.3 is 10.8 Å². The number of halogens is 1. The first-order valence-electron chi connectivity index (χ1n) is 4.42. The molecule has 1 aromatic rings. The van der Waals surface area contributed by atoms with Crippen molar-refractivity contribution in [1.82, 2.24) is 0 Å². The van der Waals surface area contributed by atoms with Gasteiger partial charge >= 0.3 is 0 Å². The van der Waals surface area contributed by atoms with Crippen LogP contribution in [0, 0.1) is 0 Å². The van der Waals surface area contributed by atoms with E-state index in [0.29, 0.717) is 11.4 Å². The lowest BCUT2D eigenvalue weighted by Gasteiger charge is -2.06. The van der Waals surface area contributed by atoms with Gasteiger partial charge in [-0.2, -0.15) is 0 Å². The molecule has 0 aliphatic rings. The third kappa shape index (κ3) is 2.62. The van der Waals surface area contributed by atoms with Crippen LogP contribution in [0.3, 0.4) is 0 Å². The van der Waals surface area contributed by atoms with Crippen molar-refractivity contribution in [2.75, 3.05) is 5.73 Å². The summed E-state index contributed by atoms with van der Waals surface area (Å²) in [5.74, 6) is 0.300. The maximum atomic E-state index is 9.54. The van der Waals surface area contributed by atoms with Gasteiger partial charge in [0.2, 0.25) is 0 Å². The van der Waals surface area contributed by atoms with E-state index in [9.17, 15) is 5.11 Å². The third-order valence-electron chi connectivity index (χ3n) is 2.00. The molecule has 3 N–H and O–H groups in total. The summed E-state index contributed by atoms with van der Waals surface area (Å²) in [6.45, 7) is 2.13. The molecule has 0 aliphatic carbocycles. The van der Waals surface area contributed by atoms with Gasteiger partial charge in [0.05, 0.1) is 0 Å². The molecule has 0 aliphatic heterocycles. The second-order valence-electron chi connectivity index (χ2n) is 3.11. The highest BCUT2D eigenvalue weighted by atomic mass is 79.9. The molecule has 72 valence electrons. The number of phenols is 1. The van der Waals surface area contributed by atoms with Crippen LogP contribution in [-0.2, 0) is 6.42 Å². The standard InChI is InChI=1S/C10H14BrNO/c1-2-3-4-7-5-8(11)9(12)6-10(7)13/h5-6,13H,2-4,12H2,1H3. The molecular weight excluding hydrogens is 230 g/mol. The molecule has 0 heterocycles. The minimum Gasteiger partial charge on any atom is -0.508 e. The zero-order chi connectivity index (χ0) is 9.84. The molecule has 1 rings (SSSR count). The molecular formula is C10H14BrNO. The molecule has 0 atom stereocenters. The van der Waals surface area contributed by atoms with E-state index in [1.54, 1.807) is 6.07 Å². The summed E-state index contributed by atoms with van der Waals surface area (Å²) in [6, 6.07) is 3.48. The maximum Gasteiger partial charge on any atom is 0.120 e. The van der Waals surface area contributed by atoms with Crippen LogP contribution in [-0.4, -0.2) is 5.11 Å². The van der Waals surface area contributed by atoms with Crippen molar-refractivity contribution < 1.29 is 5.11 Å². The Morgan fingerprint density at radius 1 is 1.46 bits per heavy atom. The lowest BCUT2D eigenvalue weighted by atomic mass is 10.1. The fourth-order valence-corrected chi connectivity index (χ4v) is 1.58. The molecule has 0 amide bonds. The van der Waals surface area contributed by atoms with E-state index in [-0.39, 0.29) is 0 Å². The van der Waals surface area contributed by atoms with Crippen molar-refractivity contribution in [3.63, 3.8) is 0 Å². The summed E-state index contributed by atoms with van der Waals surface area (Å²) in [6.07, 6.45) is 3.12. The van der Waals surface area contributed by atoms with Gasteiger partial charge in [-0.15, -0.1) is 0 Å². The number of hydrogen-bond acceptors (Lipinski definition) is 2. The van der Waals surface area contributed by atoms with E-state index >= 15 is 0 Å². The highest BCUT2D eigenvalue weighted by Crippen LogP contribution is 2.29. The molecule has 0 aromatic heterocycles. The van der Waals surface area contributed by atoms with Gasteiger partial charge in [0.25, 0.3) is 0 Å². The average molecular weight is 244 g/mol. The van der Waals surface area contributed by atoms with Crippen LogP contribution in [0.15, 0.2) is 16.6 Å². The van der Waals surface area contributed by atoms with Gasteiger partial charge in [0.15, 0.2) is 0 Å². The number of unbranched alkanes of at least 4 members (excludes halogenated alkanes) is 1. The van der Waals surface area contributed by atoms with Crippen molar-refractivity contribution in [2.45, 2.75) is 26.2 Å². The Morgan fingerprint density at radius 3 is 2.77 bits per heavy atom. The van der Waals surface area contributed by atoms with E-state index in [2.05, 4.69) is 22.9 Å². The highest BCUT2D eigenvalue weighted by molar-refractivity contribution is 9.10. The first-order valence-corrected chi connectivity index (χ1v) is 5.21. The van der Waals surface area contributed by atoms with Gasteiger partial charge in [-0.25, -0.2) is 0 Å². The zero-order valence-electron chi connectivity index (χ0n) is 7.68. The smallest absolute Gasteiger partial charge is 0.120 e. The van der Waals surface area contributed by atoms with Crippen molar-refractivity contribution in [3.8, 4) is 5.75 Å². The number of rotatable bonds is 3. The van der Waals surface area contributed by atoms with Gasteiger partial charge in [-0.05, 0) is 40.4 Å². The van der Waals surface area contributed by atoms with E-state index in [4.69, 9.17) is 5.73 Å². The monoisotopic (exact) mass is 243 g/mol. The Morgan fingerprint density at radius 2 is 2.15 bits per heavy atom. The normalized spacial score (nSPS) is 10.3. The largest absolute Gasteiger partial charge is 0.508 e. The number of nitrogens with two attached hydrogens (primary N) is 1. The molecule has 13 heavy (non-hydrogen) atoms. The van der Waals surface area contributed by atoms with Gasteiger partial charge in [-0.1, -0.05) is 13.3 Å². The fraction of sp³-hybridized carbons (Fsp3) is 0.400. The van der Waals surface area contributed by atoms with Crippen LogP contribution in [0.2, 0.25) is 0 Å². The van der Waals surface area contributed by atoms with Crippen molar-refractivity contribution in [3.05, 3.63) is 22.2 Å². The number of benzene rings is 1. The molecule has 0 unspecified atom stereocenters. The Bertz CT molecular complexity index is 299. The Kier molecular flexibility index (Phi) is 3.60. The minimum absolute atomic E-state index is 0.300. The van der Waals surface area contributed by atoms with Crippen molar-refractivity contribution in [1.29, 1.82) is 0 Å². The molecule has 0 bridgehead atoms. The third-order valence-corrected chi connectivity index (χ3v) is 2.68. The molecule has 0 saturated carbocycles. The number of anilines is 1. The van der Waals surface area contributed by atoms with Crippen molar-refractivity contribution in [2.24, 2.45) is 0 Å². The van der Waals surface area contributed by atoms with Crippen LogP contribution in [0.4, 0.5) is 5.69 Å². The predicted molar refractivity (Wildman–Crippen MR) is 58.8 cm³/mol. The quantitative estimate of drug-likeness (QED) is 0.802. The second-order valence-corrected chi connectivity index (χ2v) is 3.96. The summed E-state index contributed by atoms with van der Waals surface area (Å²) >= 11 is 3.34. The van der Waals surface area contributed by atoms with Crippen LogP contribution < -0.4 is 5.73 Å². The van der Waals surface area contributed by atoms with E-state index in [1.165, 1.54) is 0 Å². The van der Waals surface area contributed by atoms with Gasteiger partial charge in [0.1, 0.15) is 5.75 Å². The molecule has 0 saturated heterocycles. The molecule has 2 nitrogen and oxygen atoms in total. The minimum atomic E-state index is 0.300. The van der Waals surface area contributed by atoms with Crippen LogP contribution in [0.5, 0.6) is 5.75 Å². The molecule has 3 heteroatoms. The lowest BCUT2D eigenvalue weighted by molar-refractivity contribution is 0.467. The maximum absolute atomic E-state index is 9.54. The molecule has 1 aromatic carbocycles.